The number of carboxylic acid groups (broad SMARTS) is 1. The fourth-order valence-electron chi connectivity index (χ4n) is 1.04. The second-order valence-corrected chi connectivity index (χ2v) is 3.38. The molecule has 0 amide bonds. The SMILES string of the molecule is N#Cc1c(Cl)ccc(Cl)c1CC(=O)O. The van der Waals surface area contributed by atoms with Crippen LogP contribution in [-0.4, -0.2) is 11.1 Å². The van der Waals surface area contributed by atoms with Crippen LogP contribution in [0.15, 0.2) is 12.1 Å². The van der Waals surface area contributed by atoms with Gasteiger partial charge in [-0.25, -0.2) is 0 Å². The largest absolute Gasteiger partial charge is 0.481 e. The lowest BCUT2D eigenvalue weighted by atomic mass is 10.1. The molecule has 0 saturated carbocycles. The van der Waals surface area contributed by atoms with Crippen LogP contribution in [0.3, 0.4) is 0 Å². The molecule has 0 aliphatic rings. The van der Waals surface area contributed by atoms with Crippen LogP contribution in [0.5, 0.6) is 0 Å². The maximum Gasteiger partial charge on any atom is 0.307 e. The Kier molecular flexibility index (Phi) is 3.34. The molecule has 5 heteroatoms. The quantitative estimate of drug-likeness (QED) is 0.848. The summed E-state index contributed by atoms with van der Waals surface area (Å²) in [6, 6.07) is 4.77. The van der Waals surface area contributed by atoms with E-state index in [-0.39, 0.29) is 27.6 Å². The topological polar surface area (TPSA) is 61.1 Å². The van der Waals surface area contributed by atoms with E-state index in [4.69, 9.17) is 33.6 Å². The standard InChI is InChI=1S/C9H5Cl2NO2/c10-7-1-2-8(11)6(4-12)5(7)3-9(13)14/h1-2H,3H2,(H,13,14). The van der Waals surface area contributed by atoms with Gasteiger partial charge in [-0.05, 0) is 12.1 Å². The zero-order valence-corrected chi connectivity index (χ0v) is 8.43. The van der Waals surface area contributed by atoms with Crippen LogP contribution in [0, 0.1) is 11.3 Å². The molecule has 0 unspecified atom stereocenters. The van der Waals surface area contributed by atoms with Gasteiger partial charge in [0.15, 0.2) is 0 Å². The van der Waals surface area contributed by atoms with E-state index in [0.717, 1.165) is 0 Å². The summed E-state index contributed by atoms with van der Waals surface area (Å²) in [5.41, 5.74) is 0.385. The summed E-state index contributed by atoms with van der Waals surface area (Å²) in [5, 5.41) is 17.8. The van der Waals surface area contributed by atoms with E-state index >= 15 is 0 Å². The average molecular weight is 230 g/mol. The van der Waals surface area contributed by atoms with Crippen LogP contribution >= 0.6 is 23.2 Å². The van der Waals surface area contributed by atoms with Crippen LogP contribution in [0.1, 0.15) is 11.1 Å². The van der Waals surface area contributed by atoms with Gasteiger partial charge in [-0.2, -0.15) is 5.26 Å². The van der Waals surface area contributed by atoms with Gasteiger partial charge >= 0.3 is 5.97 Å². The number of carbonyl (C=O) groups is 1. The second kappa shape index (κ2) is 4.32. The van der Waals surface area contributed by atoms with Crippen LogP contribution in [0.2, 0.25) is 10.0 Å². The van der Waals surface area contributed by atoms with Gasteiger partial charge in [0.2, 0.25) is 0 Å². The van der Waals surface area contributed by atoms with E-state index in [0.29, 0.717) is 0 Å². The van der Waals surface area contributed by atoms with Crippen LogP contribution in [-0.2, 0) is 11.2 Å². The number of carboxylic acids is 1. The average Bonchev–Trinajstić information content (AvgIpc) is 2.11. The zero-order valence-electron chi connectivity index (χ0n) is 6.92. The smallest absolute Gasteiger partial charge is 0.307 e. The third-order valence-electron chi connectivity index (χ3n) is 1.64. The highest BCUT2D eigenvalue weighted by molar-refractivity contribution is 6.34. The van der Waals surface area contributed by atoms with Crippen LogP contribution < -0.4 is 0 Å². The number of benzene rings is 1. The van der Waals surface area contributed by atoms with Crippen LogP contribution in [0.25, 0.3) is 0 Å². The first-order valence-electron chi connectivity index (χ1n) is 3.65. The summed E-state index contributed by atoms with van der Waals surface area (Å²) in [5.74, 6) is -1.05. The van der Waals surface area contributed by atoms with Gasteiger partial charge in [0.1, 0.15) is 6.07 Å². The Morgan fingerprint density at radius 1 is 1.43 bits per heavy atom. The minimum absolute atomic E-state index is 0.126. The summed E-state index contributed by atoms with van der Waals surface area (Å²) >= 11 is 11.5. The first-order valence-corrected chi connectivity index (χ1v) is 4.40. The molecule has 0 bridgehead atoms. The predicted octanol–water partition coefficient (Wildman–Crippen LogP) is 2.49. The van der Waals surface area contributed by atoms with Gasteiger partial charge in [0.25, 0.3) is 0 Å². The third kappa shape index (κ3) is 2.16. The Morgan fingerprint density at radius 2 is 2.00 bits per heavy atom. The van der Waals surface area contributed by atoms with Crippen molar-refractivity contribution in [3.63, 3.8) is 0 Å². The van der Waals surface area contributed by atoms with Gasteiger partial charge in [-0.1, -0.05) is 23.2 Å². The second-order valence-electron chi connectivity index (χ2n) is 2.57. The molecule has 1 N–H and O–H groups in total. The molecule has 0 fully saturated rings. The van der Waals surface area contributed by atoms with Crippen molar-refractivity contribution < 1.29 is 9.90 Å². The van der Waals surface area contributed by atoms with Gasteiger partial charge in [0.05, 0.1) is 17.0 Å². The molecule has 0 aliphatic heterocycles. The third-order valence-corrected chi connectivity index (χ3v) is 2.31. The van der Waals surface area contributed by atoms with E-state index in [1.54, 1.807) is 0 Å². The Labute approximate surface area is 90.5 Å². The number of halogens is 2. The van der Waals surface area contributed by atoms with Gasteiger partial charge in [-0.15, -0.1) is 0 Å². The van der Waals surface area contributed by atoms with E-state index in [9.17, 15) is 4.79 Å². The van der Waals surface area contributed by atoms with Crippen molar-refractivity contribution in [2.24, 2.45) is 0 Å². The van der Waals surface area contributed by atoms with Crippen molar-refractivity contribution in [1.29, 1.82) is 5.26 Å². The minimum Gasteiger partial charge on any atom is -0.481 e. The molecule has 0 aromatic heterocycles. The molecule has 0 heterocycles. The monoisotopic (exact) mass is 229 g/mol. The Morgan fingerprint density at radius 3 is 2.50 bits per heavy atom. The molecule has 0 radical (unpaired) electrons. The van der Waals surface area contributed by atoms with Crippen molar-refractivity contribution in [1.82, 2.24) is 0 Å². The highest BCUT2D eigenvalue weighted by atomic mass is 35.5. The molecule has 0 spiro atoms. The fourth-order valence-corrected chi connectivity index (χ4v) is 1.48. The maximum absolute atomic E-state index is 10.5. The summed E-state index contributed by atoms with van der Waals surface area (Å²) in [7, 11) is 0. The number of aliphatic carboxylic acids is 1. The molecular formula is C9H5Cl2NO2. The molecule has 0 aliphatic carbocycles. The molecule has 72 valence electrons. The lowest BCUT2D eigenvalue weighted by Gasteiger charge is -2.04. The molecule has 1 rings (SSSR count). The number of nitrogens with zero attached hydrogens (tertiary/aromatic N) is 1. The summed E-state index contributed by atoms with van der Waals surface area (Å²) in [6.45, 7) is 0. The molecule has 14 heavy (non-hydrogen) atoms. The summed E-state index contributed by atoms with van der Waals surface area (Å²) in [6.07, 6.45) is -0.303. The minimum atomic E-state index is -1.05. The fraction of sp³-hybridized carbons (Fsp3) is 0.111. The molecule has 3 nitrogen and oxygen atoms in total. The highest BCUT2D eigenvalue weighted by Gasteiger charge is 2.13. The van der Waals surface area contributed by atoms with Crippen molar-refractivity contribution in [2.45, 2.75) is 6.42 Å². The van der Waals surface area contributed by atoms with E-state index in [1.807, 2.05) is 6.07 Å². The molecular weight excluding hydrogens is 225 g/mol. The lowest BCUT2D eigenvalue weighted by Crippen LogP contribution is -2.03. The normalized spacial score (nSPS) is 9.50. The van der Waals surface area contributed by atoms with Gasteiger partial charge in [-0.3, -0.25) is 4.79 Å². The van der Waals surface area contributed by atoms with E-state index in [2.05, 4.69) is 0 Å². The van der Waals surface area contributed by atoms with Crippen molar-refractivity contribution >= 4 is 29.2 Å². The van der Waals surface area contributed by atoms with Gasteiger partial charge in [0, 0.05) is 10.6 Å². The van der Waals surface area contributed by atoms with Crippen molar-refractivity contribution in [3.05, 3.63) is 33.3 Å². The lowest BCUT2D eigenvalue weighted by molar-refractivity contribution is -0.136. The number of rotatable bonds is 2. The van der Waals surface area contributed by atoms with E-state index < -0.39 is 5.97 Å². The van der Waals surface area contributed by atoms with Crippen LogP contribution in [0.4, 0.5) is 0 Å². The Bertz CT molecular complexity index is 424. The highest BCUT2D eigenvalue weighted by Crippen LogP contribution is 2.26. The molecule has 0 saturated heterocycles. The van der Waals surface area contributed by atoms with Crippen molar-refractivity contribution in [2.75, 3.05) is 0 Å². The Hall–Kier alpha value is -1.24. The Balaban J connectivity index is 3.31. The first kappa shape index (κ1) is 10.8. The van der Waals surface area contributed by atoms with E-state index in [1.165, 1.54) is 12.1 Å². The maximum atomic E-state index is 10.5. The van der Waals surface area contributed by atoms with Crippen molar-refractivity contribution in [3.8, 4) is 6.07 Å². The zero-order chi connectivity index (χ0) is 10.7. The first-order chi connectivity index (χ1) is 6.56. The summed E-state index contributed by atoms with van der Waals surface area (Å²) in [4.78, 5) is 10.5. The number of hydrogen-bond acceptors (Lipinski definition) is 2. The predicted molar refractivity (Wildman–Crippen MR) is 52.5 cm³/mol. The summed E-state index contributed by atoms with van der Waals surface area (Å²) < 4.78 is 0. The van der Waals surface area contributed by atoms with Gasteiger partial charge < -0.3 is 5.11 Å². The number of hydrogen-bond donors (Lipinski definition) is 1. The molecule has 1 aromatic carbocycles. The molecule has 1 aromatic rings. The number of nitriles is 1. The molecule has 0 atom stereocenters.